The average Bonchev–Trinajstić information content (AvgIpc) is 2.50. The second kappa shape index (κ2) is 10.3. The van der Waals surface area contributed by atoms with Crippen molar-refractivity contribution in [3.8, 4) is 0 Å². The van der Waals surface area contributed by atoms with E-state index in [1.807, 2.05) is 0 Å². The Hall–Kier alpha value is -0.0400. The van der Waals surface area contributed by atoms with Gasteiger partial charge in [0.2, 0.25) is 0 Å². The standard InChI is InChI=1S/C24H49N/c1-10-20(12-15(3)4)23(22(11-2)16(5)6)14-21-13-17(7)24(21)18(8)19(9)25/h15-24H,10-14,25H2,1-9H3/t17?,18?,19?,20-,21+,22?,23?,24+/m0/s1. The van der Waals surface area contributed by atoms with Crippen molar-refractivity contribution in [2.75, 3.05) is 0 Å². The Morgan fingerprint density at radius 2 is 1.52 bits per heavy atom. The van der Waals surface area contributed by atoms with Crippen LogP contribution >= 0.6 is 0 Å². The van der Waals surface area contributed by atoms with E-state index in [0.29, 0.717) is 12.0 Å². The van der Waals surface area contributed by atoms with Gasteiger partial charge in [-0.2, -0.15) is 0 Å². The lowest BCUT2D eigenvalue weighted by Gasteiger charge is -2.51. The monoisotopic (exact) mass is 351 g/mol. The van der Waals surface area contributed by atoms with Gasteiger partial charge in [0.15, 0.2) is 0 Å². The van der Waals surface area contributed by atoms with Gasteiger partial charge in [-0.1, -0.05) is 68.2 Å². The predicted molar refractivity (Wildman–Crippen MR) is 114 cm³/mol. The lowest BCUT2D eigenvalue weighted by Crippen LogP contribution is -2.46. The molecule has 0 aromatic carbocycles. The summed E-state index contributed by atoms with van der Waals surface area (Å²) in [6.07, 6.45) is 6.98. The molecule has 1 aliphatic rings. The molecular weight excluding hydrogens is 302 g/mol. The molecule has 0 radical (unpaired) electrons. The van der Waals surface area contributed by atoms with Crippen molar-refractivity contribution >= 4 is 0 Å². The Morgan fingerprint density at radius 3 is 1.88 bits per heavy atom. The molecule has 0 bridgehead atoms. The minimum atomic E-state index is 0.332. The summed E-state index contributed by atoms with van der Waals surface area (Å²) in [5.41, 5.74) is 6.29. The second-order valence-corrected chi connectivity index (χ2v) is 10.3. The quantitative estimate of drug-likeness (QED) is 0.426. The summed E-state index contributed by atoms with van der Waals surface area (Å²) in [5.74, 6) is 7.60. The van der Waals surface area contributed by atoms with Crippen LogP contribution in [0, 0.1) is 53.3 Å². The molecule has 150 valence electrons. The summed E-state index contributed by atoms with van der Waals surface area (Å²) in [5, 5.41) is 0. The second-order valence-electron chi connectivity index (χ2n) is 10.3. The van der Waals surface area contributed by atoms with Crippen molar-refractivity contribution in [2.45, 2.75) is 100 Å². The van der Waals surface area contributed by atoms with Crippen molar-refractivity contribution in [1.82, 2.24) is 0 Å². The highest BCUT2D eigenvalue weighted by atomic mass is 14.7. The molecule has 8 atom stereocenters. The van der Waals surface area contributed by atoms with Crippen LogP contribution in [0.4, 0.5) is 0 Å². The first-order valence-corrected chi connectivity index (χ1v) is 11.4. The molecule has 1 fully saturated rings. The molecule has 1 nitrogen and oxygen atoms in total. The predicted octanol–water partition coefficient (Wildman–Crippen LogP) is 7.00. The Morgan fingerprint density at radius 1 is 0.920 bits per heavy atom. The Labute approximate surface area is 159 Å². The van der Waals surface area contributed by atoms with E-state index in [2.05, 4.69) is 62.3 Å². The van der Waals surface area contributed by atoms with Crippen LogP contribution in [0.5, 0.6) is 0 Å². The fourth-order valence-electron chi connectivity index (χ4n) is 6.20. The average molecular weight is 352 g/mol. The van der Waals surface area contributed by atoms with Crippen LogP contribution in [-0.4, -0.2) is 6.04 Å². The van der Waals surface area contributed by atoms with Gasteiger partial charge in [0.1, 0.15) is 0 Å². The SMILES string of the molecule is CCC(C(C)C)C(C[C@H]1CC(C)[C@@H]1C(C)C(C)N)[C@@H](CC)CC(C)C. The summed E-state index contributed by atoms with van der Waals surface area (Å²) >= 11 is 0. The van der Waals surface area contributed by atoms with Gasteiger partial charge in [0.05, 0.1) is 0 Å². The molecular formula is C24H49N. The minimum Gasteiger partial charge on any atom is -0.328 e. The molecule has 0 heterocycles. The van der Waals surface area contributed by atoms with E-state index in [4.69, 9.17) is 5.73 Å². The van der Waals surface area contributed by atoms with Gasteiger partial charge in [0.25, 0.3) is 0 Å². The molecule has 1 aliphatic carbocycles. The zero-order valence-corrected chi connectivity index (χ0v) is 18.9. The summed E-state index contributed by atoms with van der Waals surface area (Å²) in [6, 6.07) is 0.332. The molecule has 1 saturated carbocycles. The van der Waals surface area contributed by atoms with Crippen molar-refractivity contribution < 1.29 is 0 Å². The lowest BCUT2D eigenvalue weighted by molar-refractivity contribution is -0.0108. The van der Waals surface area contributed by atoms with E-state index in [9.17, 15) is 0 Å². The minimum absolute atomic E-state index is 0.332. The first kappa shape index (κ1) is 23.0. The van der Waals surface area contributed by atoms with Gasteiger partial charge in [-0.05, 0) is 79.4 Å². The van der Waals surface area contributed by atoms with Gasteiger partial charge in [-0.25, -0.2) is 0 Å². The molecule has 0 aromatic heterocycles. The highest BCUT2D eigenvalue weighted by Crippen LogP contribution is 2.51. The van der Waals surface area contributed by atoms with Crippen molar-refractivity contribution in [1.29, 1.82) is 0 Å². The smallest absolute Gasteiger partial charge is 0.00389 e. The Kier molecular flexibility index (Phi) is 9.51. The van der Waals surface area contributed by atoms with Crippen LogP contribution in [0.25, 0.3) is 0 Å². The van der Waals surface area contributed by atoms with Gasteiger partial charge in [0, 0.05) is 6.04 Å². The fourth-order valence-corrected chi connectivity index (χ4v) is 6.20. The van der Waals surface area contributed by atoms with Gasteiger partial charge >= 0.3 is 0 Å². The van der Waals surface area contributed by atoms with E-state index in [1.165, 1.54) is 32.1 Å². The fraction of sp³-hybridized carbons (Fsp3) is 1.00. The molecule has 1 heteroatoms. The number of hydrogen-bond donors (Lipinski definition) is 1. The van der Waals surface area contributed by atoms with Crippen LogP contribution in [0.15, 0.2) is 0 Å². The maximum atomic E-state index is 6.29. The molecule has 0 saturated heterocycles. The third kappa shape index (κ3) is 5.98. The summed E-state index contributed by atoms with van der Waals surface area (Å²) < 4.78 is 0. The molecule has 0 aromatic rings. The number of nitrogens with two attached hydrogens (primary N) is 1. The number of hydrogen-bond acceptors (Lipinski definition) is 1. The van der Waals surface area contributed by atoms with E-state index >= 15 is 0 Å². The van der Waals surface area contributed by atoms with E-state index in [-0.39, 0.29) is 0 Å². The van der Waals surface area contributed by atoms with Gasteiger partial charge in [-0.15, -0.1) is 0 Å². The highest BCUT2D eigenvalue weighted by Gasteiger charge is 2.44. The molecule has 2 N–H and O–H groups in total. The molecule has 1 rings (SSSR count). The molecule has 0 spiro atoms. The molecule has 0 aliphatic heterocycles. The Bertz CT molecular complexity index is 359. The third-order valence-electron chi connectivity index (χ3n) is 7.67. The van der Waals surface area contributed by atoms with E-state index in [0.717, 1.165) is 47.3 Å². The zero-order chi connectivity index (χ0) is 19.3. The first-order chi connectivity index (χ1) is 11.6. The summed E-state index contributed by atoms with van der Waals surface area (Å²) in [4.78, 5) is 0. The highest BCUT2D eigenvalue weighted by molar-refractivity contribution is 4.94. The maximum absolute atomic E-state index is 6.29. The topological polar surface area (TPSA) is 26.0 Å². The molecule has 5 unspecified atom stereocenters. The first-order valence-electron chi connectivity index (χ1n) is 11.4. The Balaban J connectivity index is 2.96. The van der Waals surface area contributed by atoms with Crippen molar-refractivity contribution in [2.24, 2.45) is 59.0 Å². The van der Waals surface area contributed by atoms with E-state index < -0.39 is 0 Å². The van der Waals surface area contributed by atoms with Crippen LogP contribution in [0.1, 0.15) is 94.4 Å². The lowest BCUT2D eigenvalue weighted by atomic mass is 9.55. The normalized spacial score (nSPS) is 30.0. The summed E-state index contributed by atoms with van der Waals surface area (Å²) in [6.45, 7) is 21.6. The van der Waals surface area contributed by atoms with Crippen molar-refractivity contribution in [3.05, 3.63) is 0 Å². The van der Waals surface area contributed by atoms with Crippen molar-refractivity contribution in [3.63, 3.8) is 0 Å². The van der Waals surface area contributed by atoms with Crippen LogP contribution in [0.2, 0.25) is 0 Å². The van der Waals surface area contributed by atoms with Crippen LogP contribution in [-0.2, 0) is 0 Å². The zero-order valence-electron chi connectivity index (χ0n) is 18.9. The van der Waals surface area contributed by atoms with E-state index in [1.54, 1.807) is 0 Å². The van der Waals surface area contributed by atoms with Gasteiger partial charge < -0.3 is 5.73 Å². The van der Waals surface area contributed by atoms with Gasteiger partial charge in [-0.3, -0.25) is 0 Å². The summed E-state index contributed by atoms with van der Waals surface area (Å²) in [7, 11) is 0. The van der Waals surface area contributed by atoms with Crippen LogP contribution in [0.3, 0.4) is 0 Å². The molecule has 25 heavy (non-hydrogen) atoms. The largest absolute Gasteiger partial charge is 0.328 e. The number of rotatable bonds is 11. The van der Waals surface area contributed by atoms with Crippen LogP contribution < -0.4 is 5.73 Å². The maximum Gasteiger partial charge on any atom is 0.00389 e. The third-order valence-corrected chi connectivity index (χ3v) is 7.67. The molecule has 0 amide bonds.